The van der Waals surface area contributed by atoms with Crippen LogP contribution in [-0.2, 0) is 25.4 Å². The maximum Gasteiger partial charge on any atom is 0.416 e. The quantitative estimate of drug-likeness (QED) is 0.330. The van der Waals surface area contributed by atoms with E-state index in [0.717, 1.165) is 0 Å². The van der Waals surface area contributed by atoms with E-state index in [9.17, 15) is 30.7 Å². The van der Waals surface area contributed by atoms with Gasteiger partial charge < -0.3 is 5.32 Å². The molecule has 1 N–H and O–H groups in total. The predicted octanol–water partition coefficient (Wildman–Crippen LogP) is 6.87. The molecule has 0 saturated carbocycles. The second kappa shape index (κ2) is 8.84. The smallest absolute Gasteiger partial charge is 0.308 e. The summed E-state index contributed by atoms with van der Waals surface area (Å²) in [5.74, 6) is -0.515. The largest absolute Gasteiger partial charge is 0.416 e. The maximum absolute atomic E-state index is 14.2. The lowest BCUT2D eigenvalue weighted by atomic mass is 10.0. The van der Waals surface area contributed by atoms with Crippen molar-refractivity contribution in [3.63, 3.8) is 0 Å². The van der Waals surface area contributed by atoms with Gasteiger partial charge in [-0.15, -0.1) is 0 Å². The standard InChI is InChI=1S/C21H14ClF7N2/c22-19-17(15(5-6-31-19)16-3-1-2-4-18(16)23)11-30-10-12-7-13(20(24,25)26)9-14(8-12)21(27,28)29/h1-9,30H,10-11H2. The van der Waals surface area contributed by atoms with Gasteiger partial charge in [0, 0.05) is 30.4 Å². The Morgan fingerprint density at radius 3 is 2.00 bits per heavy atom. The molecule has 1 aromatic heterocycles. The van der Waals surface area contributed by atoms with E-state index in [1.807, 2.05) is 0 Å². The summed E-state index contributed by atoms with van der Waals surface area (Å²) in [6.07, 6.45) is -8.49. The highest BCUT2D eigenvalue weighted by Crippen LogP contribution is 2.36. The van der Waals surface area contributed by atoms with Crippen molar-refractivity contribution < 1.29 is 30.7 Å². The zero-order valence-corrected chi connectivity index (χ0v) is 16.3. The molecule has 0 aliphatic rings. The molecule has 1 heterocycles. The number of alkyl halides is 6. The zero-order chi connectivity index (χ0) is 22.8. The average Bonchev–Trinajstić information content (AvgIpc) is 2.68. The van der Waals surface area contributed by atoms with Crippen molar-refractivity contribution in [2.45, 2.75) is 25.4 Å². The third-order valence-electron chi connectivity index (χ3n) is 4.45. The second-order valence-corrected chi connectivity index (χ2v) is 6.98. The van der Waals surface area contributed by atoms with Crippen LogP contribution in [0.15, 0.2) is 54.7 Å². The van der Waals surface area contributed by atoms with Gasteiger partial charge in [-0.05, 0) is 41.5 Å². The Kier molecular flexibility index (Phi) is 6.56. The average molecular weight is 463 g/mol. The highest BCUT2D eigenvalue weighted by atomic mass is 35.5. The van der Waals surface area contributed by atoms with Crippen LogP contribution in [0.5, 0.6) is 0 Å². The third kappa shape index (κ3) is 5.54. The van der Waals surface area contributed by atoms with E-state index in [-0.39, 0.29) is 35.4 Å². The van der Waals surface area contributed by atoms with Gasteiger partial charge in [0.25, 0.3) is 0 Å². The minimum absolute atomic E-state index is 0.0354. The first-order valence-corrected chi connectivity index (χ1v) is 9.22. The summed E-state index contributed by atoms with van der Waals surface area (Å²) in [5.41, 5.74) is -2.00. The molecule has 0 bridgehead atoms. The summed E-state index contributed by atoms with van der Waals surface area (Å²) >= 11 is 6.11. The van der Waals surface area contributed by atoms with Gasteiger partial charge in [0.05, 0.1) is 11.1 Å². The van der Waals surface area contributed by atoms with Crippen LogP contribution in [0.3, 0.4) is 0 Å². The van der Waals surface area contributed by atoms with Gasteiger partial charge >= 0.3 is 12.4 Å². The SMILES string of the molecule is Fc1ccccc1-c1ccnc(Cl)c1CNCc1cc(C(F)(F)F)cc(C(F)(F)F)c1. The fraction of sp³-hybridized carbons (Fsp3) is 0.190. The molecule has 2 aromatic carbocycles. The fourth-order valence-corrected chi connectivity index (χ4v) is 3.25. The van der Waals surface area contributed by atoms with Gasteiger partial charge in [0.1, 0.15) is 11.0 Å². The van der Waals surface area contributed by atoms with Crippen LogP contribution in [0.4, 0.5) is 30.7 Å². The van der Waals surface area contributed by atoms with Crippen LogP contribution in [-0.4, -0.2) is 4.98 Å². The highest BCUT2D eigenvalue weighted by Gasteiger charge is 2.36. The molecular formula is C21H14ClF7N2. The summed E-state index contributed by atoms with van der Waals surface area (Å²) in [6, 6.07) is 8.77. The van der Waals surface area contributed by atoms with Gasteiger partial charge in [0.15, 0.2) is 0 Å². The predicted molar refractivity (Wildman–Crippen MR) is 102 cm³/mol. The molecule has 0 saturated heterocycles. The molecule has 2 nitrogen and oxygen atoms in total. The van der Waals surface area contributed by atoms with Crippen molar-refractivity contribution in [1.29, 1.82) is 0 Å². The number of aromatic nitrogens is 1. The monoisotopic (exact) mass is 462 g/mol. The summed E-state index contributed by atoms with van der Waals surface area (Å²) in [6.45, 7) is -0.372. The molecule has 0 spiro atoms. The number of hydrogen-bond acceptors (Lipinski definition) is 2. The van der Waals surface area contributed by atoms with Gasteiger partial charge in [-0.25, -0.2) is 9.37 Å². The molecule has 0 fully saturated rings. The summed E-state index contributed by atoms with van der Waals surface area (Å²) < 4.78 is 92.2. The normalized spacial score (nSPS) is 12.3. The first-order chi connectivity index (χ1) is 14.5. The third-order valence-corrected chi connectivity index (χ3v) is 4.77. The minimum Gasteiger partial charge on any atom is -0.308 e. The van der Waals surface area contributed by atoms with E-state index < -0.39 is 29.3 Å². The number of pyridine rings is 1. The molecular weight excluding hydrogens is 449 g/mol. The number of rotatable bonds is 5. The van der Waals surface area contributed by atoms with Crippen LogP contribution in [0.25, 0.3) is 11.1 Å². The van der Waals surface area contributed by atoms with Crippen LogP contribution in [0.1, 0.15) is 22.3 Å². The van der Waals surface area contributed by atoms with E-state index in [0.29, 0.717) is 23.3 Å². The van der Waals surface area contributed by atoms with Crippen LogP contribution >= 0.6 is 11.6 Å². The van der Waals surface area contributed by atoms with Crippen molar-refractivity contribution in [3.05, 3.63) is 88.0 Å². The van der Waals surface area contributed by atoms with Crippen LogP contribution < -0.4 is 5.32 Å². The summed E-state index contributed by atoms with van der Waals surface area (Å²) in [4.78, 5) is 3.92. The molecule has 3 rings (SSSR count). The Morgan fingerprint density at radius 2 is 1.42 bits per heavy atom. The number of nitrogens with zero attached hydrogens (tertiary/aromatic N) is 1. The van der Waals surface area contributed by atoms with E-state index in [1.54, 1.807) is 6.07 Å². The Labute approximate surface area is 177 Å². The van der Waals surface area contributed by atoms with Crippen LogP contribution in [0, 0.1) is 5.82 Å². The molecule has 0 radical (unpaired) electrons. The number of benzene rings is 2. The van der Waals surface area contributed by atoms with E-state index in [2.05, 4.69) is 10.3 Å². The van der Waals surface area contributed by atoms with Gasteiger partial charge in [-0.2, -0.15) is 26.3 Å². The Balaban J connectivity index is 1.87. The Bertz CT molecular complexity index is 1050. The van der Waals surface area contributed by atoms with E-state index in [1.165, 1.54) is 30.5 Å². The number of hydrogen-bond donors (Lipinski definition) is 1. The number of halogens is 8. The molecule has 3 aromatic rings. The van der Waals surface area contributed by atoms with Gasteiger partial charge in [-0.3, -0.25) is 0 Å². The van der Waals surface area contributed by atoms with Crippen molar-refractivity contribution in [2.75, 3.05) is 0 Å². The summed E-state index contributed by atoms with van der Waals surface area (Å²) in [5, 5.41) is 2.80. The fourth-order valence-electron chi connectivity index (χ4n) is 3.02. The molecule has 0 aliphatic heterocycles. The highest BCUT2D eigenvalue weighted by molar-refractivity contribution is 6.30. The molecule has 0 unspecified atom stereocenters. The topological polar surface area (TPSA) is 24.9 Å². The second-order valence-electron chi connectivity index (χ2n) is 6.63. The Hall–Kier alpha value is -2.65. The van der Waals surface area contributed by atoms with Gasteiger partial charge in [-0.1, -0.05) is 29.8 Å². The first kappa shape index (κ1) is 23.0. The van der Waals surface area contributed by atoms with Crippen molar-refractivity contribution in [2.24, 2.45) is 0 Å². The van der Waals surface area contributed by atoms with Gasteiger partial charge in [0.2, 0.25) is 0 Å². The summed E-state index contributed by atoms with van der Waals surface area (Å²) in [7, 11) is 0. The molecule has 0 amide bonds. The molecule has 164 valence electrons. The molecule has 31 heavy (non-hydrogen) atoms. The van der Waals surface area contributed by atoms with Crippen molar-refractivity contribution in [1.82, 2.24) is 10.3 Å². The molecule has 0 aliphatic carbocycles. The minimum atomic E-state index is -4.93. The lowest BCUT2D eigenvalue weighted by molar-refractivity contribution is -0.143. The molecule has 10 heteroatoms. The maximum atomic E-state index is 14.2. The van der Waals surface area contributed by atoms with E-state index in [4.69, 9.17) is 11.6 Å². The lowest BCUT2D eigenvalue weighted by Crippen LogP contribution is -2.17. The van der Waals surface area contributed by atoms with Crippen LogP contribution in [0.2, 0.25) is 5.15 Å². The first-order valence-electron chi connectivity index (χ1n) is 8.84. The molecule has 0 atom stereocenters. The lowest BCUT2D eigenvalue weighted by Gasteiger charge is -2.16. The number of nitrogens with one attached hydrogen (secondary N) is 1. The van der Waals surface area contributed by atoms with Crippen molar-refractivity contribution >= 4 is 11.6 Å². The zero-order valence-electron chi connectivity index (χ0n) is 15.6. The van der Waals surface area contributed by atoms with Crippen molar-refractivity contribution in [3.8, 4) is 11.1 Å². The Morgan fingerprint density at radius 1 is 0.806 bits per heavy atom. The van der Waals surface area contributed by atoms with E-state index >= 15 is 0 Å².